The molecule has 2 N–H and O–H groups in total. The SMILES string of the molecule is CCC(C)N(CC(=O)O)C(=O)c1ccc(S(=O)(=O)NC)o1. The molecule has 1 heterocycles. The van der Waals surface area contributed by atoms with E-state index in [2.05, 4.69) is 4.72 Å². The summed E-state index contributed by atoms with van der Waals surface area (Å²) in [6, 6.07) is 2.04. The predicted molar refractivity (Wildman–Crippen MR) is 73.4 cm³/mol. The number of sulfonamides is 1. The van der Waals surface area contributed by atoms with Crippen LogP contribution in [0.3, 0.4) is 0 Å². The lowest BCUT2D eigenvalue weighted by Gasteiger charge is -2.25. The van der Waals surface area contributed by atoms with E-state index in [4.69, 9.17) is 9.52 Å². The van der Waals surface area contributed by atoms with Crippen molar-refractivity contribution in [3.63, 3.8) is 0 Å². The molecule has 0 spiro atoms. The number of furan rings is 1. The molecule has 1 unspecified atom stereocenters. The van der Waals surface area contributed by atoms with E-state index in [1.807, 2.05) is 6.92 Å². The number of hydrogen-bond donors (Lipinski definition) is 2. The molecule has 0 aliphatic rings. The average molecular weight is 318 g/mol. The van der Waals surface area contributed by atoms with Gasteiger partial charge in [-0.15, -0.1) is 0 Å². The van der Waals surface area contributed by atoms with Crippen LogP contribution in [0.2, 0.25) is 0 Å². The molecule has 1 rings (SSSR count). The first-order valence-electron chi connectivity index (χ1n) is 6.29. The van der Waals surface area contributed by atoms with E-state index in [1.165, 1.54) is 13.1 Å². The number of carbonyl (C=O) groups excluding carboxylic acids is 1. The van der Waals surface area contributed by atoms with Gasteiger partial charge in [-0.3, -0.25) is 9.59 Å². The molecule has 1 atom stereocenters. The van der Waals surface area contributed by atoms with E-state index in [-0.39, 0.29) is 11.8 Å². The predicted octanol–water partition coefficient (Wildman–Crippen LogP) is 0.513. The largest absolute Gasteiger partial charge is 0.480 e. The van der Waals surface area contributed by atoms with E-state index in [1.54, 1.807) is 6.92 Å². The maximum atomic E-state index is 12.3. The number of carboxylic acid groups (broad SMARTS) is 1. The van der Waals surface area contributed by atoms with E-state index in [0.29, 0.717) is 6.42 Å². The van der Waals surface area contributed by atoms with Crippen molar-refractivity contribution in [1.29, 1.82) is 0 Å². The normalized spacial score (nSPS) is 12.9. The summed E-state index contributed by atoms with van der Waals surface area (Å²) in [6.45, 7) is 3.03. The lowest BCUT2D eigenvalue weighted by atomic mass is 10.2. The van der Waals surface area contributed by atoms with Gasteiger partial charge < -0.3 is 14.4 Å². The van der Waals surface area contributed by atoms with Gasteiger partial charge in [-0.1, -0.05) is 6.92 Å². The number of nitrogens with one attached hydrogen (secondary N) is 1. The Hall–Kier alpha value is -1.87. The molecule has 0 aliphatic heterocycles. The van der Waals surface area contributed by atoms with E-state index in [9.17, 15) is 18.0 Å². The van der Waals surface area contributed by atoms with Crippen LogP contribution in [0.4, 0.5) is 0 Å². The molecule has 0 aromatic carbocycles. The van der Waals surface area contributed by atoms with Crippen molar-refractivity contribution in [3.05, 3.63) is 17.9 Å². The number of carbonyl (C=O) groups is 2. The van der Waals surface area contributed by atoms with Crippen molar-refractivity contribution in [2.24, 2.45) is 0 Å². The number of carboxylic acids is 1. The summed E-state index contributed by atoms with van der Waals surface area (Å²) in [5, 5.41) is 8.47. The van der Waals surface area contributed by atoms with Crippen LogP contribution in [0.25, 0.3) is 0 Å². The first-order chi connectivity index (χ1) is 9.72. The van der Waals surface area contributed by atoms with E-state index in [0.717, 1.165) is 11.0 Å². The molecule has 9 heteroatoms. The summed E-state index contributed by atoms with van der Waals surface area (Å²) in [7, 11) is -2.57. The fraction of sp³-hybridized carbons (Fsp3) is 0.500. The Labute approximate surface area is 122 Å². The fourth-order valence-electron chi connectivity index (χ4n) is 1.62. The molecular formula is C12H18N2O6S. The summed E-state index contributed by atoms with van der Waals surface area (Å²) < 4.78 is 30.2. The van der Waals surface area contributed by atoms with Gasteiger partial charge in [-0.05, 0) is 32.5 Å². The Morgan fingerprint density at radius 2 is 2.05 bits per heavy atom. The molecule has 1 aromatic heterocycles. The molecule has 8 nitrogen and oxygen atoms in total. The van der Waals surface area contributed by atoms with Gasteiger partial charge in [0.1, 0.15) is 6.54 Å². The molecule has 1 aromatic rings. The zero-order chi connectivity index (χ0) is 16.2. The maximum Gasteiger partial charge on any atom is 0.323 e. The molecule has 0 fully saturated rings. The maximum absolute atomic E-state index is 12.3. The minimum absolute atomic E-state index is 0.217. The molecule has 1 amide bonds. The highest BCUT2D eigenvalue weighted by molar-refractivity contribution is 7.89. The van der Waals surface area contributed by atoms with Crippen molar-refractivity contribution >= 4 is 21.9 Å². The van der Waals surface area contributed by atoms with Crippen molar-refractivity contribution in [3.8, 4) is 0 Å². The monoisotopic (exact) mass is 318 g/mol. The van der Waals surface area contributed by atoms with Gasteiger partial charge >= 0.3 is 5.97 Å². The molecular weight excluding hydrogens is 300 g/mol. The lowest BCUT2D eigenvalue weighted by Crippen LogP contribution is -2.41. The highest BCUT2D eigenvalue weighted by atomic mass is 32.2. The minimum atomic E-state index is -3.79. The molecule has 0 aliphatic carbocycles. The Bertz CT molecular complexity index is 621. The van der Waals surface area contributed by atoms with Crippen LogP contribution in [0.15, 0.2) is 21.6 Å². The Morgan fingerprint density at radius 3 is 2.52 bits per heavy atom. The third-order valence-corrected chi connectivity index (χ3v) is 4.30. The summed E-state index contributed by atoms with van der Waals surface area (Å²) in [5.41, 5.74) is 0. The van der Waals surface area contributed by atoms with Crippen LogP contribution in [0, 0.1) is 0 Å². The third kappa shape index (κ3) is 4.05. The van der Waals surface area contributed by atoms with Crippen LogP contribution in [0.5, 0.6) is 0 Å². The molecule has 0 saturated carbocycles. The first-order valence-corrected chi connectivity index (χ1v) is 7.77. The second-order valence-corrected chi connectivity index (χ2v) is 6.23. The molecule has 0 radical (unpaired) electrons. The van der Waals surface area contributed by atoms with E-state index < -0.39 is 33.5 Å². The average Bonchev–Trinajstić information content (AvgIpc) is 2.93. The zero-order valence-corrected chi connectivity index (χ0v) is 12.8. The molecule has 0 bridgehead atoms. The molecule has 0 saturated heterocycles. The molecule has 118 valence electrons. The zero-order valence-electron chi connectivity index (χ0n) is 12.0. The Balaban J connectivity index is 3.08. The van der Waals surface area contributed by atoms with Crippen LogP contribution in [-0.4, -0.2) is 49.9 Å². The van der Waals surface area contributed by atoms with E-state index >= 15 is 0 Å². The quantitative estimate of drug-likeness (QED) is 0.756. The van der Waals surface area contributed by atoms with Gasteiger partial charge in [0.2, 0.25) is 5.09 Å². The Kier molecular flexibility index (Phi) is 5.50. The van der Waals surface area contributed by atoms with Crippen LogP contribution >= 0.6 is 0 Å². The lowest BCUT2D eigenvalue weighted by molar-refractivity contribution is -0.138. The number of hydrogen-bond acceptors (Lipinski definition) is 5. The first kappa shape index (κ1) is 17.2. The van der Waals surface area contributed by atoms with Gasteiger partial charge in [-0.25, -0.2) is 13.1 Å². The smallest absolute Gasteiger partial charge is 0.323 e. The van der Waals surface area contributed by atoms with Gasteiger partial charge in [0.05, 0.1) is 0 Å². The molecule has 21 heavy (non-hydrogen) atoms. The third-order valence-electron chi connectivity index (χ3n) is 3.02. The van der Waals surface area contributed by atoms with Crippen molar-refractivity contribution in [2.45, 2.75) is 31.4 Å². The second kappa shape index (κ2) is 6.72. The highest BCUT2D eigenvalue weighted by Crippen LogP contribution is 2.17. The number of rotatable bonds is 7. The number of amides is 1. The summed E-state index contributed by atoms with van der Waals surface area (Å²) in [6.07, 6.45) is 0.557. The fourth-order valence-corrected chi connectivity index (χ4v) is 2.26. The van der Waals surface area contributed by atoms with Crippen molar-refractivity contribution in [1.82, 2.24) is 9.62 Å². The topological polar surface area (TPSA) is 117 Å². The number of nitrogens with zero attached hydrogens (tertiary/aromatic N) is 1. The van der Waals surface area contributed by atoms with Crippen molar-refractivity contribution in [2.75, 3.05) is 13.6 Å². The minimum Gasteiger partial charge on any atom is -0.480 e. The summed E-state index contributed by atoms with van der Waals surface area (Å²) in [5.74, 6) is -2.03. The van der Waals surface area contributed by atoms with Crippen molar-refractivity contribution < 1.29 is 27.5 Å². The second-order valence-electron chi connectivity index (χ2n) is 4.41. The van der Waals surface area contributed by atoms with Crippen LogP contribution in [-0.2, 0) is 14.8 Å². The summed E-state index contributed by atoms with van der Waals surface area (Å²) in [4.78, 5) is 24.2. The van der Waals surface area contributed by atoms with Gasteiger partial charge in [0, 0.05) is 6.04 Å². The Morgan fingerprint density at radius 1 is 1.43 bits per heavy atom. The number of aliphatic carboxylic acids is 1. The van der Waals surface area contributed by atoms with Gasteiger partial charge in [0.15, 0.2) is 5.76 Å². The van der Waals surface area contributed by atoms with Crippen LogP contribution < -0.4 is 4.72 Å². The summed E-state index contributed by atoms with van der Waals surface area (Å²) >= 11 is 0. The van der Waals surface area contributed by atoms with Gasteiger partial charge in [-0.2, -0.15) is 0 Å². The standard InChI is InChI=1S/C12H18N2O6S/c1-4-8(2)14(7-10(15)16)12(17)9-5-6-11(20-9)21(18,19)13-3/h5-6,8,13H,4,7H2,1-3H3,(H,15,16). The highest BCUT2D eigenvalue weighted by Gasteiger charge is 2.27. The van der Waals surface area contributed by atoms with Gasteiger partial charge in [0.25, 0.3) is 15.9 Å². The van der Waals surface area contributed by atoms with Crippen LogP contribution in [0.1, 0.15) is 30.8 Å².